The number of benzene rings is 2. The van der Waals surface area contributed by atoms with Crippen molar-refractivity contribution in [1.29, 1.82) is 0 Å². The summed E-state index contributed by atoms with van der Waals surface area (Å²) in [6, 6.07) is 17.2. The van der Waals surface area contributed by atoms with Crippen LogP contribution in [0.15, 0.2) is 54.6 Å². The molecule has 0 spiro atoms. The van der Waals surface area contributed by atoms with E-state index in [1.165, 1.54) is 11.1 Å². The third-order valence-corrected chi connectivity index (χ3v) is 4.85. The number of aryl methyl sites for hydroxylation is 1. The number of H-pyrrole nitrogens is 1. The van der Waals surface area contributed by atoms with Gasteiger partial charge in [0.1, 0.15) is 12.4 Å². The summed E-state index contributed by atoms with van der Waals surface area (Å²) in [6.45, 7) is 2.71. The molecule has 0 unspecified atom stereocenters. The van der Waals surface area contributed by atoms with E-state index in [4.69, 9.17) is 9.84 Å². The molecule has 27 heavy (non-hydrogen) atoms. The largest absolute Gasteiger partial charge is 0.488 e. The molecule has 2 heterocycles. The Bertz CT molecular complexity index is 1010. The highest BCUT2D eigenvalue weighted by atomic mass is 16.5. The van der Waals surface area contributed by atoms with Crippen LogP contribution >= 0.6 is 0 Å². The predicted molar refractivity (Wildman–Crippen MR) is 107 cm³/mol. The summed E-state index contributed by atoms with van der Waals surface area (Å²) < 4.78 is 5.98. The van der Waals surface area contributed by atoms with Crippen molar-refractivity contribution >= 4 is 17.6 Å². The highest BCUT2D eigenvalue weighted by molar-refractivity contribution is 5.89. The maximum atomic E-state index is 11.0. The van der Waals surface area contributed by atoms with Crippen LogP contribution in [0, 0.1) is 0 Å². The molecule has 2 aromatic carbocycles. The van der Waals surface area contributed by atoms with Gasteiger partial charge < -0.3 is 14.8 Å². The van der Waals surface area contributed by atoms with E-state index in [0.717, 1.165) is 41.1 Å². The lowest BCUT2D eigenvalue weighted by atomic mass is 9.97. The Hall–Kier alpha value is -3.27. The van der Waals surface area contributed by atoms with Crippen LogP contribution in [0.5, 0.6) is 5.75 Å². The molecule has 0 saturated heterocycles. The van der Waals surface area contributed by atoms with Crippen LogP contribution in [-0.4, -0.2) is 22.7 Å². The van der Waals surface area contributed by atoms with E-state index in [9.17, 15) is 4.79 Å². The topological polar surface area (TPSA) is 62.3 Å². The van der Waals surface area contributed by atoms with Crippen molar-refractivity contribution in [3.63, 3.8) is 0 Å². The third-order valence-electron chi connectivity index (χ3n) is 4.85. The number of carboxylic acid groups (broad SMARTS) is 1. The monoisotopic (exact) mass is 359 g/mol. The highest BCUT2D eigenvalue weighted by Crippen LogP contribution is 2.34. The molecule has 1 aliphatic rings. The Morgan fingerprint density at radius 2 is 1.85 bits per heavy atom. The first-order valence-electron chi connectivity index (χ1n) is 9.14. The molecule has 0 atom stereocenters. The number of ether oxygens (including phenoxy) is 1. The molecule has 0 bridgehead atoms. The Balaban J connectivity index is 1.65. The van der Waals surface area contributed by atoms with Crippen LogP contribution in [0.4, 0.5) is 0 Å². The van der Waals surface area contributed by atoms with Gasteiger partial charge in [-0.2, -0.15) is 0 Å². The van der Waals surface area contributed by atoms with E-state index < -0.39 is 5.97 Å². The molecule has 2 N–H and O–H groups in total. The minimum atomic E-state index is -0.917. The van der Waals surface area contributed by atoms with Crippen molar-refractivity contribution in [2.75, 3.05) is 6.61 Å². The fraction of sp³-hybridized carbons (Fsp3) is 0.174. The van der Waals surface area contributed by atoms with Gasteiger partial charge in [-0.3, -0.25) is 0 Å². The predicted octanol–water partition coefficient (Wildman–Crippen LogP) is 5.27. The Kier molecular flexibility index (Phi) is 4.55. The molecule has 0 radical (unpaired) electrons. The lowest BCUT2D eigenvalue weighted by Crippen LogP contribution is -2.08. The van der Waals surface area contributed by atoms with Crippen molar-refractivity contribution in [3.8, 4) is 17.0 Å². The highest BCUT2D eigenvalue weighted by Gasteiger charge is 2.17. The zero-order chi connectivity index (χ0) is 18.8. The second kappa shape index (κ2) is 7.16. The summed E-state index contributed by atoms with van der Waals surface area (Å²) in [4.78, 5) is 14.4. The number of aromatic nitrogens is 1. The summed E-state index contributed by atoms with van der Waals surface area (Å²) in [5.74, 6) is 0.0283. The number of aromatic carboxylic acids is 1. The van der Waals surface area contributed by atoms with Crippen molar-refractivity contribution in [1.82, 2.24) is 4.98 Å². The van der Waals surface area contributed by atoms with E-state index in [2.05, 4.69) is 30.1 Å². The molecule has 4 nitrogen and oxygen atoms in total. The van der Waals surface area contributed by atoms with Gasteiger partial charge in [0.05, 0.1) is 5.56 Å². The van der Waals surface area contributed by atoms with Gasteiger partial charge in [0.2, 0.25) is 0 Å². The van der Waals surface area contributed by atoms with Crippen LogP contribution in [-0.2, 0) is 6.42 Å². The number of carboxylic acids is 1. The van der Waals surface area contributed by atoms with E-state index in [-0.39, 0.29) is 5.56 Å². The Morgan fingerprint density at radius 3 is 2.59 bits per heavy atom. The molecular formula is C23H21NO3. The number of hydrogen-bond acceptors (Lipinski definition) is 2. The standard InChI is InChI=1S/C23H21NO3/c1-2-4-15-5-3-6-22-19(15)13-18(14-27-22)21-12-11-20(24-21)16-7-9-17(10-8-16)23(25)26/h3,5-13,24H,2,4,14H2,1H3,(H,25,26). The minimum absolute atomic E-state index is 0.286. The van der Waals surface area contributed by atoms with Crippen molar-refractivity contribution < 1.29 is 14.6 Å². The second-order valence-corrected chi connectivity index (χ2v) is 6.71. The van der Waals surface area contributed by atoms with E-state index in [1.54, 1.807) is 12.1 Å². The van der Waals surface area contributed by atoms with Gasteiger partial charge >= 0.3 is 5.97 Å². The Morgan fingerprint density at radius 1 is 1.07 bits per heavy atom. The van der Waals surface area contributed by atoms with Crippen molar-refractivity contribution in [3.05, 3.63) is 77.0 Å². The molecule has 0 saturated carbocycles. The summed E-state index contributed by atoms with van der Waals surface area (Å²) in [7, 11) is 0. The maximum absolute atomic E-state index is 11.0. The first-order chi connectivity index (χ1) is 13.2. The molecule has 4 rings (SSSR count). The third kappa shape index (κ3) is 3.38. The van der Waals surface area contributed by atoms with Crippen LogP contribution in [0.3, 0.4) is 0 Å². The van der Waals surface area contributed by atoms with Crippen LogP contribution < -0.4 is 4.74 Å². The molecule has 1 aliphatic heterocycles. The first kappa shape index (κ1) is 17.2. The molecule has 3 aromatic rings. The summed E-state index contributed by atoms with van der Waals surface area (Å²) in [5.41, 5.74) is 6.80. The molecule has 0 amide bonds. The molecule has 0 aliphatic carbocycles. The van der Waals surface area contributed by atoms with Gasteiger partial charge in [0.15, 0.2) is 0 Å². The fourth-order valence-electron chi connectivity index (χ4n) is 3.44. The van der Waals surface area contributed by atoms with E-state index >= 15 is 0 Å². The summed E-state index contributed by atoms with van der Waals surface area (Å²) in [5, 5.41) is 9.03. The maximum Gasteiger partial charge on any atom is 0.335 e. The van der Waals surface area contributed by atoms with Gasteiger partial charge in [-0.1, -0.05) is 37.6 Å². The molecule has 1 aromatic heterocycles. The van der Waals surface area contributed by atoms with Crippen molar-refractivity contribution in [2.24, 2.45) is 0 Å². The molecule has 136 valence electrons. The van der Waals surface area contributed by atoms with E-state index in [0.29, 0.717) is 6.61 Å². The average molecular weight is 359 g/mol. The lowest BCUT2D eigenvalue weighted by Gasteiger charge is -2.20. The second-order valence-electron chi connectivity index (χ2n) is 6.71. The van der Waals surface area contributed by atoms with Gasteiger partial charge in [-0.15, -0.1) is 0 Å². The van der Waals surface area contributed by atoms with Crippen molar-refractivity contribution in [2.45, 2.75) is 19.8 Å². The summed E-state index contributed by atoms with van der Waals surface area (Å²) >= 11 is 0. The summed E-state index contributed by atoms with van der Waals surface area (Å²) in [6.07, 6.45) is 4.34. The quantitative estimate of drug-likeness (QED) is 0.653. The number of rotatable bonds is 5. The normalized spacial score (nSPS) is 12.9. The zero-order valence-electron chi connectivity index (χ0n) is 15.2. The number of carbonyl (C=O) groups is 1. The molecule has 4 heteroatoms. The molecular weight excluding hydrogens is 338 g/mol. The minimum Gasteiger partial charge on any atom is -0.488 e. The van der Waals surface area contributed by atoms with Crippen LogP contribution in [0.1, 0.15) is 40.5 Å². The fourth-order valence-corrected chi connectivity index (χ4v) is 3.44. The SMILES string of the molecule is CCCc1cccc2c1C=C(c1ccc(-c3ccc(C(=O)O)cc3)[nH]1)CO2. The Labute approximate surface area is 158 Å². The lowest BCUT2D eigenvalue weighted by molar-refractivity contribution is 0.0697. The van der Waals surface area contributed by atoms with Gasteiger partial charge in [-0.25, -0.2) is 4.79 Å². The van der Waals surface area contributed by atoms with Gasteiger partial charge in [0, 0.05) is 22.5 Å². The number of fused-ring (bicyclic) bond motifs is 1. The first-order valence-corrected chi connectivity index (χ1v) is 9.14. The van der Waals surface area contributed by atoms with Gasteiger partial charge in [-0.05, 0) is 54.0 Å². The van der Waals surface area contributed by atoms with Gasteiger partial charge in [0.25, 0.3) is 0 Å². The number of hydrogen-bond donors (Lipinski definition) is 2. The smallest absolute Gasteiger partial charge is 0.335 e. The van der Waals surface area contributed by atoms with E-state index in [1.807, 2.05) is 30.3 Å². The van der Waals surface area contributed by atoms with Crippen LogP contribution in [0.25, 0.3) is 22.9 Å². The average Bonchev–Trinajstić information content (AvgIpc) is 3.18. The number of nitrogens with one attached hydrogen (secondary N) is 1. The zero-order valence-corrected chi connectivity index (χ0v) is 15.2. The number of aromatic amines is 1. The van der Waals surface area contributed by atoms with Crippen LogP contribution in [0.2, 0.25) is 0 Å². The molecule has 0 fully saturated rings.